The molecule has 2 rings (SSSR count). The maximum atomic E-state index is 12.5. The maximum Gasteiger partial charge on any atom is 0.260 e. The number of nitrogens with one attached hydrogen (secondary N) is 1. The highest BCUT2D eigenvalue weighted by Gasteiger charge is 2.23. The number of hydrazone groups is 1. The van der Waals surface area contributed by atoms with Gasteiger partial charge in [0.05, 0.1) is 11.9 Å². The number of rotatable bonds is 8. The number of amides is 1. The first-order valence-corrected chi connectivity index (χ1v) is 11.7. The first kappa shape index (κ1) is 23.6. The Morgan fingerprint density at radius 2 is 1.73 bits per heavy atom. The molecule has 0 saturated carbocycles. The third-order valence-corrected chi connectivity index (χ3v) is 6.07. The molecule has 0 aliphatic rings. The van der Waals surface area contributed by atoms with Crippen molar-refractivity contribution in [3.8, 4) is 0 Å². The molecule has 1 N–H and O–H groups in total. The zero-order chi connectivity index (χ0) is 22.5. The summed E-state index contributed by atoms with van der Waals surface area (Å²) in [6.45, 7) is 9.46. The zero-order valence-corrected chi connectivity index (χ0v) is 19.4. The van der Waals surface area contributed by atoms with E-state index in [1.807, 2.05) is 51.1 Å². The molecule has 0 aromatic heterocycles. The SMILES string of the molecule is CC(CC(C)(C)c1ccccc1)=NNC(=O)CN(c1cc(C)ccc1C)S(C)(=O)=O. The Morgan fingerprint density at radius 1 is 1.10 bits per heavy atom. The van der Waals surface area contributed by atoms with Gasteiger partial charge in [0.15, 0.2) is 0 Å². The number of sulfonamides is 1. The highest BCUT2D eigenvalue weighted by Crippen LogP contribution is 2.27. The summed E-state index contributed by atoms with van der Waals surface area (Å²) in [4.78, 5) is 12.5. The number of hydrogen-bond donors (Lipinski definition) is 1. The standard InChI is InChI=1S/C23H31N3O3S/c1-17-12-13-18(2)21(14-17)26(30(6,28)29)16-22(27)25-24-19(3)15-23(4,5)20-10-8-7-9-11-20/h7-14H,15-16H2,1-6H3,(H,25,27). The van der Waals surface area contributed by atoms with Crippen molar-refractivity contribution >= 4 is 27.3 Å². The van der Waals surface area contributed by atoms with E-state index in [4.69, 9.17) is 0 Å². The van der Waals surface area contributed by atoms with Crippen molar-refractivity contribution in [3.63, 3.8) is 0 Å². The maximum absolute atomic E-state index is 12.5. The number of carbonyl (C=O) groups excluding carboxylic acids is 1. The monoisotopic (exact) mass is 429 g/mol. The Bertz CT molecular complexity index is 1030. The lowest BCUT2D eigenvalue weighted by Gasteiger charge is -2.25. The average Bonchev–Trinajstić information content (AvgIpc) is 2.66. The normalized spacial score (nSPS) is 12.5. The molecule has 0 fully saturated rings. The minimum Gasteiger partial charge on any atom is -0.271 e. The van der Waals surface area contributed by atoms with Crippen molar-refractivity contribution in [2.24, 2.45) is 5.10 Å². The molecule has 0 aliphatic heterocycles. The molecule has 1 amide bonds. The van der Waals surface area contributed by atoms with Gasteiger partial charge in [-0.1, -0.05) is 56.3 Å². The van der Waals surface area contributed by atoms with Gasteiger partial charge < -0.3 is 0 Å². The van der Waals surface area contributed by atoms with E-state index in [1.54, 1.807) is 6.07 Å². The lowest BCUT2D eigenvalue weighted by molar-refractivity contribution is -0.119. The van der Waals surface area contributed by atoms with Crippen LogP contribution >= 0.6 is 0 Å². The van der Waals surface area contributed by atoms with Gasteiger partial charge in [-0.2, -0.15) is 5.10 Å². The van der Waals surface area contributed by atoms with E-state index < -0.39 is 15.9 Å². The second-order valence-corrected chi connectivity index (χ2v) is 10.3. The van der Waals surface area contributed by atoms with Crippen molar-refractivity contribution in [1.82, 2.24) is 5.43 Å². The van der Waals surface area contributed by atoms with Crippen LogP contribution in [-0.2, 0) is 20.2 Å². The van der Waals surface area contributed by atoms with Crippen LogP contribution in [0.25, 0.3) is 0 Å². The van der Waals surface area contributed by atoms with E-state index in [9.17, 15) is 13.2 Å². The van der Waals surface area contributed by atoms with E-state index in [2.05, 4.69) is 36.5 Å². The van der Waals surface area contributed by atoms with Gasteiger partial charge in [0.1, 0.15) is 6.54 Å². The molecule has 0 heterocycles. The number of hydrogen-bond acceptors (Lipinski definition) is 4. The molecule has 2 aromatic carbocycles. The van der Waals surface area contributed by atoms with Gasteiger partial charge in [-0.3, -0.25) is 9.10 Å². The van der Waals surface area contributed by atoms with Gasteiger partial charge in [0, 0.05) is 5.71 Å². The molecule has 7 heteroatoms. The molecule has 0 radical (unpaired) electrons. The summed E-state index contributed by atoms with van der Waals surface area (Å²) < 4.78 is 25.8. The molecule has 0 spiro atoms. The van der Waals surface area contributed by atoms with Gasteiger partial charge in [-0.25, -0.2) is 13.8 Å². The van der Waals surface area contributed by atoms with Crippen LogP contribution in [0.3, 0.4) is 0 Å². The predicted molar refractivity (Wildman–Crippen MR) is 123 cm³/mol. The summed E-state index contributed by atoms with van der Waals surface area (Å²) in [7, 11) is -3.63. The van der Waals surface area contributed by atoms with E-state index in [0.29, 0.717) is 12.1 Å². The van der Waals surface area contributed by atoms with E-state index in [-0.39, 0.29) is 12.0 Å². The Labute approximate surface area is 180 Å². The van der Waals surface area contributed by atoms with Crippen LogP contribution in [0.5, 0.6) is 0 Å². The highest BCUT2D eigenvalue weighted by molar-refractivity contribution is 7.92. The molecule has 2 aromatic rings. The fourth-order valence-corrected chi connectivity index (χ4v) is 4.27. The second kappa shape index (κ2) is 9.43. The largest absolute Gasteiger partial charge is 0.271 e. The Hall–Kier alpha value is -2.67. The summed E-state index contributed by atoms with van der Waals surface area (Å²) in [5.74, 6) is -0.488. The van der Waals surface area contributed by atoms with Crippen LogP contribution < -0.4 is 9.73 Å². The van der Waals surface area contributed by atoms with Crippen molar-refractivity contribution in [1.29, 1.82) is 0 Å². The molecule has 30 heavy (non-hydrogen) atoms. The van der Waals surface area contributed by atoms with Gasteiger partial charge in [-0.05, 0) is 55.4 Å². The van der Waals surface area contributed by atoms with Crippen molar-refractivity contribution in [2.75, 3.05) is 17.1 Å². The molecule has 0 atom stereocenters. The summed E-state index contributed by atoms with van der Waals surface area (Å²) in [6, 6.07) is 15.6. The number of anilines is 1. The van der Waals surface area contributed by atoms with Crippen LogP contribution in [0.1, 0.15) is 43.9 Å². The molecule has 162 valence electrons. The number of carbonyl (C=O) groups is 1. The molecule has 6 nitrogen and oxygen atoms in total. The smallest absolute Gasteiger partial charge is 0.260 e. The lowest BCUT2D eigenvalue weighted by Crippen LogP contribution is -2.39. The molecule has 0 saturated heterocycles. The van der Waals surface area contributed by atoms with Crippen LogP contribution in [0.4, 0.5) is 5.69 Å². The minimum absolute atomic E-state index is 0.142. The van der Waals surface area contributed by atoms with Crippen LogP contribution in [-0.4, -0.2) is 32.8 Å². The fraction of sp³-hybridized carbons (Fsp3) is 0.391. The van der Waals surface area contributed by atoms with Crippen LogP contribution in [0.15, 0.2) is 53.6 Å². The van der Waals surface area contributed by atoms with E-state index >= 15 is 0 Å². The van der Waals surface area contributed by atoms with Crippen LogP contribution in [0.2, 0.25) is 0 Å². The third kappa shape index (κ3) is 6.42. The van der Waals surface area contributed by atoms with E-state index in [1.165, 1.54) is 5.56 Å². The second-order valence-electron chi connectivity index (χ2n) is 8.37. The molecule has 0 aliphatic carbocycles. The third-order valence-electron chi connectivity index (χ3n) is 4.95. The fourth-order valence-electron chi connectivity index (χ4n) is 3.36. The molecule has 0 unspecified atom stereocenters. The summed E-state index contributed by atoms with van der Waals surface area (Å²) in [6.07, 6.45) is 1.75. The first-order valence-electron chi connectivity index (χ1n) is 9.82. The number of benzene rings is 2. The summed E-state index contributed by atoms with van der Waals surface area (Å²) >= 11 is 0. The van der Waals surface area contributed by atoms with Crippen molar-refractivity contribution < 1.29 is 13.2 Å². The van der Waals surface area contributed by atoms with Gasteiger partial charge in [0.25, 0.3) is 5.91 Å². The molecule has 0 bridgehead atoms. The Balaban J connectivity index is 2.11. The summed E-state index contributed by atoms with van der Waals surface area (Å²) in [5.41, 5.74) is 6.50. The van der Waals surface area contributed by atoms with Crippen molar-refractivity contribution in [3.05, 3.63) is 65.2 Å². The first-order chi connectivity index (χ1) is 13.9. The molecular formula is C23H31N3O3S. The van der Waals surface area contributed by atoms with E-state index in [0.717, 1.165) is 27.4 Å². The lowest BCUT2D eigenvalue weighted by atomic mass is 9.80. The predicted octanol–water partition coefficient (Wildman–Crippen LogP) is 3.93. The average molecular weight is 430 g/mol. The molecular weight excluding hydrogens is 398 g/mol. The Kier molecular flexibility index (Phi) is 7.42. The minimum atomic E-state index is -3.63. The highest BCUT2D eigenvalue weighted by atomic mass is 32.2. The number of nitrogens with zero attached hydrogens (tertiary/aromatic N) is 2. The Morgan fingerprint density at radius 3 is 2.33 bits per heavy atom. The van der Waals surface area contributed by atoms with Crippen molar-refractivity contribution in [2.45, 2.75) is 46.5 Å². The van der Waals surface area contributed by atoms with Crippen LogP contribution in [0, 0.1) is 13.8 Å². The van der Waals surface area contributed by atoms with Gasteiger partial charge in [-0.15, -0.1) is 0 Å². The van der Waals surface area contributed by atoms with Gasteiger partial charge >= 0.3 is 0 Å². The topological polar surface area (TPSA) is 78.8 Å². The zero-order valence-electron chi connectivity index (χ0n) is 18.6. The summed E-state index contributed by atoms with van der Waals surface area (Å²) in [5, 5.41) is 4.20. The van der Waals surface area contributed by atoms with Gasteiger partial charge in [0.2, 0.25) is 10.0 Å². The number of aryl methyl sites for hydroxylation is 2. The quantitative estimate of drug-likeness (QED) is 0.510.